The summed E-state index contributed by atoms with van der Waals surface area (Å²) in [6, 6.07) is 14.5. The number of furan rings is 1. The Morgan fingerprint density at radius 2 is 1.89 bits per heavy atom. The maximum Gasteiger partial charge on any atom is 0.261 e. The number of hydrogen-bond donors (Lipinski definition) is 0. The zero-order valence-electron chi connectivity index (χ0n) is 15.2. The lowest BCUT2D eigenvalue weighted by Crippen LogP contribution is -2.31. The normalized spacial score (nSPS) is 10.6. The summed E-state index contributed by atoms with van der Waals surface area (Å²) in [5.74, 6) is 0.470. The molecule has 2 aromatic carbocycles. The van der Waals surface area contributed by atoms with Crippen molar-refractivity contribution >= 4 is 17.9 Å². The van der Waals surface area contributed by atoms with E-state index in [-0.39, 0.29) is 11.7 Å². The molecule has 0 saturated heterocycles. The summed E-state index contributed by atoms with van der Waals surface area (Å²) in [5.41, 5.74) is 2.32. The molecule has 1 aromatic heterocycles. The smallest absolute Gasteiger partial charge is 0.261 e. The molecule has 0 fully saturated rings. The molecule has 0 aliphatic rings. The molecule has 0 aliphatic heterocycles. The summed E-state index contributed by atoms with van der Waals surface area (Å²) in [4.78, 5) is 25.9. The first kappa shape index (κ1) is 18.6. The van der Waals surface area contributed by atoms with Crippen LogP contribution in [-0.4, -0.2) is 18.7 Å². The summed E-state index contributed by atoms with van der Waals surface area (Å²) in [6.07, 6.45) is 1.52. The third-order valence-electron chi connectivity index (χ3n) is 4.29. The van der Waals surface area contributed by atoms with Gasteiger partial charge in [-0.25, -0.2) is 4.39 Å². The summed E-state index contributed by atoms with van der Waals surface area (Å²) in [6.45, 7) is 4.22. The molecule has 0 saturated carbocycles. The van der Waals surface area contributed by atoms with Crippen molar-refractivity contribution in [1.82, 2.24) is 0 Å². The van der Waals surface area contributed by atoms with Crippen LogP contribution >= 0.6 is 0 Å². The molecule has 4 nitrogen and oxygen atoms in total. The molecule has 1 heterocycles. The van der Waals surface area contributed by atoms with E-state index in [0.717, 1.165) is 12.7 Å². The molecule has 0 atom stereocenters. The number of anilines is 1. The number of nitrogens with zero attached hydrogens (tertiary/aromatic N) is 1. The first-order valence-corrected chi connectivity index (χ1v) is 8.77. The first-order chi connectivity index (χ1) is 13.0. The number of benzene rings is 2. The maximum atomic E-state index is 13.2. The summed E-state index contributed by atoms with van der Waals surface area (Å²) in [5, 5.41) is 0. The minimum absolute atomic E-state index is 0.200. The third kappa shape index (κ3) is 3.97. The highest BCUT2D eigenvalue weighted by molar-refractivity contribution is 6.07. The van der Waals surface area contributed by atoms with E-state index in [0.29, 0.717) is 40.4 Å². The molecule has 0 N–H and O–H groups in total. The van der Waals surface area contributed by atoms with E-state index in [1.165, 1.54) is 12.1 Å². The predicted molar refractivity (Wildman–Crippen MR) is 103 cm³/mol. The Kier molecular flexibility index (Phi) is 5.50. The molecule has 0 bridgehead atoms. The van der Waals surface area contributed by atoms with E-state index in [4.69, 9.17) is 4.42 Å². The van der Waals surface area contributed by atoms with Gasteiger partial charge in [-0.15, -0.1) is 0 Å². The largest absolute Gasteiger partial charge is 0.461 e. The standard InChI is InChI=1S/C22H20FNO3/c1-3-11-24(19-6-4-5-16(12-19)14-25)22(26)20-13-21(27-15(20)2)17-7-9-18(23)10-8-17/h4-10,12-14H,3,11H2,1-2H3. The fourth-order valence-corrected chi connectivity index (χ4v) is 2.93. The Morgan fingerprint density at radius 1 is 1.15 bits per heavy atom. The molecule has 0 radical (unpaired) electrons. The number of rotatable bonds is 6. The molecule has 138 valence electrons. The molecule has 0 unspecified atom stereocenters. The number of amides is 1. The highest BCUT2D eigenvalue weighted by atomic mass is 19.1. The summed E-state index contributed by atoms with van der Waals surface area (Å²) in [7, 11) is 0. The van der Waals surface area contributed by atoms with Crippen molar-refractivity contribution in [2.24, 2.45) is 0 Å². The average molecular weight is 365 g/mol. The van der Waals surface area contributed by atoms with Crippen molar-refractivity contribution in [3.8, 4) is 11.3 Å². The molecule has 0 aliphatic carbocycles. The van der Waals surface area contributed by atoms with E-state index in [2.05, 4.69) is 0 Å². The maximum absolute atomic E-state index is 13.2. The Hall–Kier alpha value is -3.21. The van der Waals surface area contributed by atoms with Gasteiger partial charge in [-0.2, -0.15) is 0 Å². The molecule has 0 spiro atoms. The first-order valence-electron chi connectivity index (χ1n) is 8.77. The number of hydrogen-bond acceptors (Lipinski definition) is 3. The quantitative estimate of drug-likeness (QED) is 0.560. The van der Waals surface area contributed by atoms with Gasteiger partial charge in [0, 0.05) is 23.4 Å². The lowest BCUT2D eigenvalue weighted by atomic mass is 10.1. The number of carbonyl (C=O) groups is 2. The van der Waals surface area contributed by atoms with Gasteiger partial charge in [0.05, 0.1) is 5.56 Å². The zero-order valence-corrected chi connectivity index (χ0v) is 15.2. The average Bonchev–Trinajstić information content (AvgIpc) is 3.08. The van der Waals surface area contributed by atoms with Gasteiger partial charge in [-0.1, -0.05) is 19.1 Å². The Bertz CT molecular complexity index is 960. The number of aryl methyl sites for hydroxylation is 1. The minimum atomic E-state index is -0.331. The molecule has 3 aromatic rings. The van der Waals surface area contributed by atoms with Crippen LogP contribution in [0.4, 0.5) is 10.1 Å². The van der Waals surface area contributed by atoms with Crippen LogP contribution in [0.15, 0.2) is 59.0 Å². The SMILES string of the molecule is CCCN(C(=O)c1cc(-c2ccc(F)cc2)oc1C)c1cccc(C=O)c1. The van der Waals surface area contributed by atoms with Crippen molar-refractivity contribution < 1.29 is 18.4 Å². The zero-order chi connectivity index (χ0) is 19.4. The molecular formula is C22H20FNO3. The van der Waals surface area contributed by atoms with Crippen molar-refractivity contribution in [2.75, 3.05) is 11.4 Å². The van der Waals surface area contributed by atoms with Gasteiger partial charge in [-0.3, -0.25) is 9.59 Å². The van der Waals surface area contributed by atoms with Crippen molar-refractivity contribution in [3.05, 3.63) is 77.3 Å². The summed E-state index contributed by atoms with van der Waals surface area (Å²) < 4.78 is 18.9. The molecule has 5 heteroatoms. The fraction of sp³-hybridized carbons (Fsp3) is 0.182. The van der Waals surface area contributed by atoms with Gasteiger partial charge in [0.1, 0.15) is 23.6 Å². The second-order valence-corrected chi connectivity index (χ2v) is 6.26. The Balaban J connectivity index is 1.96. The van der Waals surface area contributed by atoms with Crippen LogP contribution in [0.2, 0.25) is 0 Å². The Morgan fingerprint density at radius 3 is 2.56 bits per heavy atom. The highest BCUT2D eigenvalue weighted by Gasteiger charge is 2.22. The van der Waals surface area contributed by atoms with E-state index in [1.54, 1.807) is 54.3 Å². The van der Waals surface area contributed by atoms with Gasteiger partial charge in [0.25, 0.3) is 5.91 Å². The molecule has 1 amide bonds. The van der Waals surface area contributed by atoms with Crippen LogP contribution in [0.3, 0.4) is 0 Å². The molecule has 27 heavy (non-hydrogen) atoms. The lowest BCUT2D eigenvalue weighted by molar-refractivity contribution is 0.0984. The van der Waals surface area contributed by atoms with Crippen molar-refractivity contribution in [2.45, 2.75) is 20.3 Å². The van der Waals surface area contributed by atoms with Crippen LogP contribution in [0.25, 0.3) is 11.3 Å². The molecule has 3 rings (SSSR count). The molecular weight excluding hydrogens is 345 g/mol. The third-order valence-corrected chi connectivity index (χ3v) is 4.29. The minimum Gasteiger partial charge on any atom is -0.461 e. The lowest BCUT2D eigenvalue weighted by Gasteiger charge is -2.22. The highest BCUT2D eigenvalue weighted by Crippen LogP contribution is 2.28. The Labute approximate surface area is 157 Å². The van der Waals surface area contributed by atoms with Gasteiger partial charge in [0.15, 0.2) is 0 Å². The van der Waals surface area contributed by atoms with E-state index in [9.17, 15) is 14.0 Å². The van der Waals surface area contributed by atoms with Crippen LogP contribution < -0.4 is 4.90 Å². The number of halogens is 1. The summed E-state index contributed by atoms with van der Waals surface area (Å²) >= 11 is 0. The van der Waals surface area contributed by atoms with E-state index in [1.807, 2.05) is 6.92 Å². The topological polar surface area (TPSA) is 50.5 Å². The van der Waals surface area contributed by atoms with Crippen LogP contribution in [0.5, 0.6) is 0 Å². The van der Waals surface area contributed by atoms with Gasteiger partial charge in [-0.05, 0) is 55.8 Å². The van der Waals surface area contributed by atoms with E-state index < -0.39 is 0 Å². The fourth-order valence-electron chi connectivity index (χ4n) is 2.93. The van der Waals surface area contributed by atoms with Gasteiger partial charge in [0.2, 0.25) is 0 Å². The number of carbonyl (C=O) groups excluding carboxylic acids is 2. The second-order valence-electron chi connectivity index (χ2n) is 6.26. The van der Waals surface area contributed by atoms with E-state index >= 15 is 0 Å². The van der Waals surface area contributed by atoms with Crippen LogP contribution in [-0.2, 0) is 0 Å². The predicted octanol–water partition coefficient (Wildman–Crippen LogP) is 5.26. The van der Waals surface area contributed by atoms with Crippen molar-refractivity contribution in [1.29, 1.82) is 0 Å². The van der Waals surface area contributed by atoms with Gasteiger partial charge >= 0.3 is 0 Å². The number of aldehydes is 1. The van der Waals surface area contributed by atoms with Crippen LogP contribution in [0.1, 0.15) is 39.8 Å². The second kappa shape index (κ2) is 7.99. The van der Waals surface area contributed by atoms with Crippen molar-refractivity contribution in [3.63, 3.8) is 0 Å². The van der Waals surface area contributed by atoms with Gasteiger partial charge < -0.3 is 9.32 Å². The van der Waals surface area contributed by atoms with Crippen LogP contribution in [0, 0.1) is 12.7 Å². The monoisotopic (exact) mass is 365 g/mol.